The summed E-state index contributed by atoms with van der Waals surface area (Å²) in [5.41, 5.74) is 7.96. The normalized spacial score (nSPS) is 26.0. The number of β-amino-alcohol motifs (C(OH)–C–C–N with tert-alkyl or cyclic N) is 1. The van der Waals surface area contributed by atoms with E-state index in [1.54, 1.807) is 0 Å². The maximum Gasteiger partial charge on any atom is 0.112 e. The summed E-state index contributed by atoms with van der Waals surface area (Å²) in [6.45, 7) is 5.02. The molecule has 22 heavy (non-hydrogen) atoms. The van der Waals surface area contributed by atoms with Gasteiger partial charge < -0.3 is 15.6 Å². The van der Waals surface area contributed by atoms with Gasteiger partial charge in [0.25, 0.3) is 0 Å². The van der Waals surface area contributed by atoms with Crippen LogP contribution in [0, 0.1) is 6.92 Å². The van der Waals surface area contributed by atoms with Gasteiger partial charge in [0.1, 0.15) is 6.10 Å². The van der Waals surface area contributed by atoms with Crippen LogP contribution < -0.4 is 5.73 Å². The van der Waals surface area contributed by atoms with Gasteiger partial charge in [-0.3, -0.25) is 9.88 Å². The number of pyridine rings is 1. The number of nitrogens with two attached hydrogens (primary N) is 1. The van der Waals surface area contributed by atoms with Crippen molar-refractivity contribution in [3.63, 3.8) is 0 Å². The average Bonchev–Trinajstić information content (AvgIpc) is 2.47. The molecule has 2 heterocycles. The molecular formula is C17H27N3O2. The van der Waals surface area contributed by atoms with Gasteiger partial charge in [0, 0.05) is 31.0 Å². The zero-order valence-electron chi connectivity index (χ0n) is 13.4. The number of hydrogen-bond donors (Lipinski definition) is 2. The van der Waals surface area contributed by atoms with Crippen molar-refractivity contribution in [3.8, 4) is 0 Å². The van der Waals surface area contributed by atoms with Crippen molar-refractivity contribution in [1.82, 2.24) is 9.88 Å². The highest BCUT2D eigenvalue weighted by molar-refractivity contribution is 5.40. The predicted octanol–water partition coefficient (Wildman–Crippen LogP) is 2.04. The summed E-state index contributed by atoms with van der Waals surface area (Å²) in [6, 6.07) is 3.77. The van der Waals surface area contributed by atoms with Crippen LogP contribution in [0.3, 0.4) is 0 Å². The Morgan fingerprint density at radius 1 is 1.36 bits per heavy atom. The topological polar surface area (TPSA) is 71.6 Å². The first-order chi connectivity index (χ1) is 10.5. The molecule has 0 amide bonds. The van der Waals surface area contributed by atoms with E-state index in [1.165, 1.54) is 6.42 Å². The quantitative estimate of drug-likeness (QED) is 0.894. The molecule has 1 saturated heterocycles. The van der Waals surface area contributed by atoms with Crippen molar-refractivity contribution < 1.29 is 9.84 Å². The van der Waals surface area contributed by atoms with E-state index in [9.17, 15) is 5.11 Å². The molecule has 1 unspecified atom stereocenters. The molecule has 1 aliphatic carbocycles. The molecule has 3 rings (SSSR count). The fraction of sp³-hybridized carbons (Fsp3) is 0.706. The molecule has 1 aromatic rings. The van der Waals surface area contributed by atoms with E-state index in [0.29, 0.717) is 6.61 Å². The van der Waals surface area contributed by atoms with Crippen LogP contribution >= 0.6 is 0 Å². The first-order valence-corrected chi connectivity index (χ1v) is 8.34. The SMILES string of the molecule is Cc1cc(N)cc(C2CN(CC3(O)CCCCC3)CCO2)n1. The molecule has 2 aliphatic rings. The molecule has 2 fully saturated rings. The Kier molecular flexibility index (Phi) is 4.66. The lowest BCUT2D eigenvalue weighted by Crippen LogP contribution is -2.49. The molecule has 122 valence electrons. The Labute approximate surface area is 132 Å². The Morgan fingerprint density at radius 3 is 2.86 bits per heavy atom. The van der Waals surface area contributed by atoms with Crippen molar-refractivity contribution in [2.24, 2.45) is 0 Å². The molecule has 0 bridgehead atoms. The molecule has 0 radical (unpaired) electrons. The van der Waals surface area contributed by atoms with Gasteiger partial charge in [-0.25, -0.2) is 0 Å². The molecule has 0 spiro atoms. The third-order valence-electron chi connectivity index (χ3n) is 4.78. The average molecular weight is 305 g/mol. The van der Waals surface area contributed by atoms with Crippen molar-refractivity contribution >= 4 is 5.69 Å². The Morgan fingerprint density at radius 2 is 2.14 bits per heavy atom. The fourth-order valence-corrected chi connectivity index (χ4v) is 3.70. The maximum absolute atomic E-state index is 10.8. The molecule has 1 atom stereocenters. The molecule has 5 nitrogen and oxygen atoms in total. The number of nitrogens with zero attached hydrogens (tertiary/aromatic N) is 2. The first kappa shape index (κ1) is 15.7. The summed E-state index contributed by atoms with van der Waals surface area (Å²) in [5.74, 6) is 0. The monoisotopic (exact) mass is 305 g/mol. The number of rotatable bonds is 3. The Bertz CT molecular complexity index is 494. The number of aryl methyl sites for hydroxylation is 1. The minimum absolute atomic E-state index is 0.0526. The third kappa shape index (κ3) is 3.77. The van der Waals surface area contributed by atoms with Gasteiger partial charge in [-0.1, -0.05) is 19.3 Å². The molecule has 5 heteroatoms. The van der Waals surface area contributed by atoms with Crippen LogP contribution in [0.1, 0.15) is 49.6 Å². The zero-order valence-corrected chi connectivity index (χ0v) is 13.4. The van der Waals surface area contributed by atoms with Crippen molar-refractivity contribution in [2.45, 2.75) is 50.7 Å². The van der Waals surface area contributed by atoms with Gasteiger partial charge in [-0.05, 0) is 31.9 Å². The van der Waals surface area contributed by atoms with Crippen LogP contribution in [0.4, 0.5) is 5.69 Å². The Balaban J connectivity index is 1.66. The van der Waals surface area contributed by atoms with Crippen molar-refractivity contribution in [1.29, 1.82) is 0 Å². The fourth-order valence-electron chi connectivity index (χ4n) is 3.70. The van der Waals surface area contributed by atoms with Crippen LogP contribution in [0.2, 0.25) is 0 Å². The van der Waals surface area contributed by atoms with E-state index in [1.807, 2.05) is 19.1 Å². The highest BCUT2D eigenvalue weighted by Crippen LogP contribution is 2.30. The number of aliphatic hydroxyl groups is 1. The molecule has 1 saturated carbocycles. The van der Waals surface area contributed by atoms with Crippen LogP contribution in [-0.2, 0) is 4.74 Å². The second-order valence-electron chi connectivity index (χ2n) is 6.85. The molecule has 1 aromatic heterocycles. The van der Waals surface area contributed by atoms with E-state index in [2.05, 4.69) is 9.88 Å². The number of hydrogen-bond acceptors (Lipinski definition) is 5. The number of nitrogen functional groups attached to an aromatic ring is 1. The third-order valence-corrected chi connectivity index (χ3v) is 4.78. The summed E-state index contributed by atoms with van der Waals surface area (Å²) in [5, 5.41) is 10.8. The molecule has 1 aliphatic heterocycles. The molecule has 0 aromatic carbocycles. The maximum atomic E-state index is 10.8. The van der Waals surface area contributed by atoms with E-state index >= 15 is 0 Å². The van der Waals surface area contributed by atoms with Gasteiger partial charge in [-0.2, -0.15) is 0 Å². The van der Waals surface area contributed by atoms with Crippen molar-refractivity contribution in [3.05, 3.63) is 23.5 Å². The summed E-state index contributed by atoms with van der Waals surface area (Å²) in [6.07, 6.45) is 5.32. The second kappa shape index (κ2) is 6.52. The lowest BCUT2D eigenvalue weighted by atomic mass is 9.84. The minimum Gasteiger partial charge on any atom is -0.399 e. The summed E-state index contributed by atoms with van der Waals surface area (Å²) < 4.78 is 5.88. The van der Waals surface area contributed by atoms with Gasteiger partial charge in [0.05, 0.1) is 17.9 Å². The number of ether oxygens (including phenoxy) is 1. The first-order valence-electron chi connectivity index (χ1n) is 8.34. The largest absolute Gasteiger partial charge is 0.399 e. The summed E-state index contributed by atoms with van der Waals surface area (Å²) >= 11 is 0. The van der Waals surface area contributed by atoms with Gasteiger partial charge >= 0.3 is 0 Å². The smallest absolute Gasteiger partial charge is 0.112 e. The molecule has 3 N–H and O–H groups in total. The molecular weight excluding hydrogens is 278 g/mol. The minimum atomic E-state index is -0.515. The van der Waals surface area contributed by atoms with E-state index in [-0.39, 0.29) is 6.10 Å². The number of anilines is 1. The van der Waals surface area contributed by atoms with Gasteiger partial charge in [0.2, 0.25) is 0 Å². The number of aromatic nitrogens is 1. The van der Waals surface area contributed by atoms with E-state index in [0.717, 1.165) is 62.4 Å². The van der Waals surface area contributed by atoms with Gasteiger partial charge in [0.15, 0.2) is 0 Å². The highest BCUT2D eigenvalue weighted by Gasteiger charge is 2.33. The number of morpholine rings is 1. The predicted molar refractivity (Wildman–Crippen MR) is 86.6 cm³/mol. The summed E-state index contributed by atoms with van der Waals surface area (Å²) in [7, 11) is 0. The van der Waals surface area contributed by atoms with Crippen molar-refractivity contribution in [2.75, 3.05) is 32.0 Å². The van der Waals surface area contributed by atoms with Crippen LogP contribution in [0.15, 0.2) is 12.1 Å². The zero-order chi connectivity index (χ0) is 15.6. The standard InChI is InChI=1S/C17H27N3O2/c1-13-9-14(18)10-15(19-13)16-11-20(7-8-22-16)12-17(21)5-3-2-4-6-17/h9-10,16,21H,2-8,11-12H2,1H3,(H2,18,19). The Hall–Kier alpha value is -1.17. The van der Waals surface area contributed by atoms with Gasteiger partial charge in [-0.15, -0.1) is 0 Å². The second-order valence-corrected chi connectivity index (χ2v) is 6.85. The lowest BCUT2D eigenvalue weighted by molar-refractivity contribution is -0.0776. The van der Waals surface area contributed by atoms with Crippen LogP contribution in [0.5, 0.6) is 0 Å². The van der Waals surface area contributed by atoms with Crippen LogP contribution in [0.25, 0.3) is 0 Å². The van der Waals surface area contributed by atoms with Crippen LogP contribution in [-0.4, -0.2) is 46.8 Å². The van der Waals surface area contributed by atoms with E-state index < -0.39 is 5.60 Å². The lowest BCUT2D eigenvalue weighted by Gasteiger charge is -2.40. The summed E-state index contributed by atoms with van der Waals surface area (Å²) in [4.78, 5) is 6.88. The van der Waals surface area contributed by atoms with E-state index in [4.69, 9.17) is 10.5 Å². The highest BCUT2D eigenvalue weighted by atomic mass is 16.5.